The van der Waals surface area contributed by atoms with E-state index in [0.717, 1.165) is 25.7 Å². The van der Waals surface area contributed by atoms with E-state index < -0.39 is 5.41 Å². The molecular weight excluding hydrogens is 200 g/mol. The summed E-state index contributed by atoms with van der Waals surface area (Å²) in [5, 5.41) is 9.03. The molecule has 2 aliphatic carbocycles. The Morgan fingerprint density at radius 2 is 1.81 bits per heavy atom. The Morgan fingerprint density at radius 1 is 1.25 bits per heavy atom. The fraction of sp³-hybridized carbons (Fsp3) is 0.846. The average molecular weight is 220 g/mol. The van der Waals surface area contributed by atoms with Crippen molar-refractivity contribution in [2.45, 2.75) is 57.4 Å². The summed E-state index contributed by atoms with van der Waals surface area (Å²) in [6.45, 7) is 0. The van der Waals surface area contributed by atoms with Crippen LogP contribution in [0.1, 0.15) is 51.4 Å². The summed E-state index contributed by atoms with van der Waals surface area (Å²) in [6.07, 6.45) is 8.79. The van der Waals surface area contributed by atoms with Crippen LogP contribution < -0.4 is 0 Å². The van der Waals surface area contributed by atoms with Crippen LogP contribution in [0, 0.1) is 16.7 Å². The molecule has 0 unspecified atom stereocenters. The van der Waals surface area contributed by atoms with Gasteiger partial charge in [-0.15, -0.1) is 0 Å². The molecule has 3 heteroatoms. The second kappa shape index (κ2) is 4.45. The van der Waals surface area contributed by atoms with Crippen LogP contribution in [-0.4, -0.2) is 23.9 Å². The lowest BCUT2D eigenvalue weighted by Crippen LogP contribution is -2.41. The van der Waals surface area contributed by atoms with Crippen molar-refractivity contribution in [3.05, 3.63) is 0 Å². The molecule has 0 aliphatic heterocycles. The van der Waals surface area contributed by atoms with Gasteiger partial charge in [0.25, 0.3) is 0 Å². The molecule has 0 N–H and O–H groups in total. The summed E-state index contributed by atoms with van der Waals surface area (Å²) in [7, 11) is 1.88. The van der Waals surface area contributed by atoms with E-state index in [4.69, 9.17) is 5.26 Å². The van der Waals surface area contributed by atoms with E-state index in [2.05, 4.69) is 6.07 Å². The van der Waals surface area contributed by atoms with E-state index in [9.17, 15) is 4.79 Å². The van der Waals surface area contributed by atoms with Crippen molar-refractivity contribution in [1.82, 2.24) is 4.90 Å². The molecule has 88 valence electrons. The number of nitrogens with zero attached hydrogens (tertiary/aromatic N) is 2. The minimum atomic E-state index is -0.638. The third kappa shape index (κ3) is 2.07. The maximum absolute atomic E-state index is 12.2. The van der Waals surface area contributed by atoms with E-state index in [1.807, 2.05) is 11.9 Å². The normalized spacial score (nSPS) is 24.2. The molecule has 1 amide bonds. The fourth-order valence-electron chi connectivity index (χ4n) is 2.65. The molecule has 16 heavy (non-hydrogen) atoms. The summed E-state index contributed by atoms with van der Waals surface area (Å²) in [5.41, 5.74) is -0.638. The van der Waals surface area contributed by atoms with Crippen molar-refractivity contribution in [1.29, 1.82) is 5.26 Å². The van der Waals surface area contributed by atoms with Gasteiger partial charge in [0.15, 0.2) is 0 Å². The monoisotopic (exact) mass is 220 g/mol. The van der Waals surface area contributed by atoms with E-state index in [0.29, 0.717) is 6.04 Å². The minimum absolute atomic E-state index is 0.0712. The summed E-state index contributed by atoms with van der Waals surface area (Å²) >= 11 is 0. The molecule has 0 radical (unpaired) electrons. The van der Waals surface area contributed by atoms with Crippen LogP contribution in [0.2, 0.25) is 0 Å². The SMILES string of the molecule is CN(C(=O)C1(C#N)CC1)C1CCCCCC1. The molecule has 2 aliphatic rings. The molecule has 3 nitrogen and oxygen atoms in total. The molecule has 0 aromatic heterocycles. The van der Waals surface area contributed by atoms with Gasteiger partial charge >= 0.3 is 0 Å². The van der Waals surface area contributed by atoms with Crippen LogP contribution >= 0.6 is 0 Å². The number of hydrogen-bond donors (Lipinski definition) is 0. The van der Waals surface area contributed by atoms with Gasteiger partial charge in [-0.1, -0.05) is 25.7 Å². The molecule has 2 fully saturated rings. The summed E-state index contributed by atoms with van der Waals surface area (Å²) in [5.74, 6) is 0.0712. The van der Waals surface area contributed by atoms with Gasteiger partial charge in [-0.2, -0.15) is 5.26 Å². The molecule has 0 aromatic carbocycles. The molecule has 0 atom stereocenters. The van der Waals surface area contributed by atoms with Gasteiger partial charge in [0.1, 0.15) is 5.41 Å². The van der Waals surface area contributed by atoms with Crippen molar-refractivity contribution in [3.63, 3.8) is 0 Å². The number of nitriles is 1. The molecule has 2 rings (SSSR count). The molecule has 0 aromatic rings. The molecule has 2 saturated carbocycles. The first-order valence-electron chi connectivity index (χ1n) is 6.38. The molecule has 0 saturated heterocycles. The summed E-state index contributed by atoms with van der Waals surface area (Å²) in [4.78, 5) is 14.0. The van der Waals surface area contributed by atoms with Crippen molar-refractivity contribution >= 4 is 5.91 Å². The highest BCUT2D eigenvalue weighted by Crippen LogP contribution is 2.46. The van der Waals surface area contributed by atoms with Gasteiger partial charge in [-0.05, 0) is 25.7 Å². The maximum Gasteiger partial charge on any atom is 0.243 e. The smallest absolute Gasteiger partial charge is 0.243 e. The number of rotatable bonds is 2. The van der Waals surface area contributed by atoms with Crippen molar-refractivity contribution in [3.8, 4) is 6.07 Å². The van der Waals surface area contributed by atoms with E-state index in [-0.39, 0.29) is 5.91 Å². The average Bonchev–Trinajstić information content (AvgIpc) is 3.11. The highest BCUT2D eigenvalue weighted by molar-refractivity contribution is 5.88. The third-order valence-corrected chi connectivity index (χ3v) is 4.07. The van der Waals surface area contributed by atoms with Gasteiger partial charge < -0.3 is 4.90 Å². The maximum atomic E-state index is 12.2. The second-order valence-electron chi connectivity index (χ2n) is 5.26. The van der Waals surface area contributed by atoms with Crippen LogP contribution in [-0.2, 0) is 4.79 Å². The van der Waals surface area contributed by atoms with Crippen LogP contribution in [0.3, 0.4) is 0 Å². The third-order valence-electron chi connectivity index (χ3n) is 4.07. The minimum Gasteiger partial charge on any atom is -0.341 e. The highest BCUT2D eigenvalue weighted by atomic mass is 16.2. The van der Waals surface area contributed by atoms with Crippen LogP contribution in [0.15, 0.2) is 0 Å². The number of amides is 1. The Labute approximate surface area is 97.4 Å². The largest absolute Gasteiger partial charge is 0.341 e. The first-order chi connectivity index (χ1) is 7.69. The Kier molecular flexibility index (Phi) is 3.18. The topological polar surface area (TPSA) is 44.1 Å². The highest BCUT2D eigenvalue weighted by Gasteiger charge is 2.52. The Morgan fingerprint density at radius 3 is 2.25 bits per heavy atom. The number of hydrogen-bond acceptors (Lipinski definition) is 2. The quantitative estimate of drug-likeness (QED) is 0.671. The molecule has 0 spiro atoms. The van der Waals surface area contributed by atoms with Crippen LogP contribution in [0.5, 0.6) is 0 Å². The van der Waals surface area contributed by atoms with Crippen molar-refractivity contribution in [2.24, 2.45) is 5.41 Å². The zero-order valence-corrected chi connectivity index (χ0v) is 10.0. The van der Waals surface area contributed by atoms with E-state index in [1.54, 1.807) is 0 Å². The Balaban J connectivity index is 1.98. The van der Waals surface area contributed by atoms with E-state index in [1.165, 1.54) is 25.7 Å². The standard InChI is InChI=1S/C13H20N2O/c1-15(11-6-4-2-3-5-7-11)12(16)13(10-14)8-9-13/h11H,2-9H2,1H3. The zero-order chi connectivity index (χ0) is 11.6. The first kappa shape index (κ1) is 11.4. The number of carbonyl (C=O) groups is 1. The van der Waals surface area contributed by atoms with Crippen molar-refractivity contribution in [2.75, 3.05) is 7.05 Å². The Bertz CT molecular complexity index is 306. The predicted octanol–water partition coefficient (Wildman–Crippen LogP) is 2.47. The van der Waals surface area contributed by atoms with Gasteiger partial charge in [0, 0.05) is 13.1 Å². The van der Waals surface area contributed by atoms with Crippen molar-refractivity contribution < 1.29 is 4.79 Å². The van der Waals surface area contributed by atoms with E-state index >= 15 is 0 Å². The van der Waals surface area contributed by atoms with Crippen LogP contribution in [0.4, 0.5) is 0 Å². The lowest BCUT2D eigenvalue weighted by molar-refractivity contribution is -0.136. The fourth-order valence-corrected chi connectivity index (χ4v) is 2.65. The molecule has 0 bridgehead atoms. The second-order valence-corrected chi connectivity index (χ2v) is 5.26. The molecular formula is C13H20N2O. The van der Waals surface area contributed by atoms with Gasteiger partial charge in [-0.25, -0.2) is 0 Å². The van der Waals surface area contributed by atoms with Gasteiger partial charge in [0.05, 0.1) is 6.07 Å². The first-order valence-corrected chi connectivity index (χ1v) is 6.38. The van der Waals surface area contributed by atoms with Gasteiger partial charge in [0.2, 0.25) is 5.91 Å². The summed E-state index contributed by atoms with van der Waals surface area (Å²) in [6, 6.07) is 2.57. The lowest BCUT2D eigenvalue weighted by atomic mass is 10.0. The zero-order valence-electron chi connectivity index (χ0n) is 10.0. The molecule has 0 heterocycles. The number of carbonyl (C=O) groups excluding carboxylic acids is 1. The van der Waals surface area contributed by atoms with Crippen LogP contribution in [0.25, 0.3) is 0 Å². The Hall–Kier alpha value is -1.04. The predicted molar refractivity (Wildman–Crippen MR) is 61.5 cm³/mol. The van der Waals surface area contributed by atoms with Gasteiger partial charge in [-0.3, -0.25) is 4.79 Å². The lowest BCUT2D eigenvalue weighted by Gasteiger charge is -2.28. The summed E-state index contributed by atoms with van der Waals surface area (Å²) < 4.78 is 0.